The van der Waals surface area contributed by atoms with Crippen molar-refractivity contribution in [1.29, 1.82) is 0 Å². The first-order valence-corrected chi connectivity index (χ1v) is 8.32. The lowest BCUT2D eigenvalue weighted by Gasteiger charge is -2.12. The highest BCUT2D eigenvalue weighted by Gasteiger charge is 2.27. The number of carbonyl (C=O) groups is 2. The normalized spacial score (nSPS) is 11.0. The molecule has 0 aromatic heterocycles. The van der Waals surface area contributed by atoms with Crippen LogP contribution in [0.1, 0.15) is 15.9 Å². The van der Waals surface area contributed by atoms with Crippen LogP contribution < -0.4 is 10.6 Å². The summed E-state index contributed by atoms with van der Waals surface area (Å²) in [5, 5.41) is 4.66. The number of ether oxygens (including phenoxy) is 1. The van der Waals surface area contributed by atoms with Crippen molar-refractivity contribution in [2.24, 2.45) is 0 Å². The van der Waals surface area contributed by atoms with Gasteiger partial charge in [0, 0.05) is 12.2 Å². The summed E-state index contributed by atoms with van der Waals surface area (Å²) in [6, 6.07) is 12.4. The number of hydrogen-bond acceptors (Lipinski definition) is 4. The van der Waals surface area contributed by atoms with E-state index in [0.29, 0.717) is 18.7 Å². The van der Waals surface area contributed by atoms with Gasteiger partial charge < -0.3 is 15.4 Å². The summed E-state index contributed by atoms with van der Waals surface area (Å²) in [7, 11) is 0. The SMILES string of the molecule is O=C(COC(=O)c1ccccc1NCCc1ccc(F)cc1)NCC(F)(F)F. The molecule has 0 bridgehead atoms. The second kappa shape index (κ2) is 9.72. The van der Waals surface area contributed by atoms with E-state index in [2.05, 4.69) is 5.32 Å². The Morgan fingerprint density at radius 1 is 1.00 bits per heavy atom. The van der Waals surface area contributed by atoms with Gasteiger partial charge in [-0.1, -0.05) is 24.3 Å². The van der Waals surface area contributed by atoms with Crippen LogP contribution in [0.3, 0.4) is 0 Å². The van der Waals surface area contributed by atoms with Crippen molar-refractivity contribution in [3.63, 3.8) is 0 Å². The van der Waals surface area contributed by atoms with Crippen molar-refractivity contribution < 1.29 is 31.9 Å². The highest BCUT2D eigenvalue weighted by molar-refractivity contribution is 5.96. The molecule has 2 rings (SSSR count). The molecular formula is C19H18F4N2O3. The molecule has 0 aliphatic carbocycles. The van der Waals surface area contributed by atoms with Gasteiger partial charge in [0.25, 0.3) is 5.91 Å². The van der Waals surface area contributed by atoms with E-state index in [1.165, 1.54) is 18.2 Å². The van der Waals surface area contributed by atoms with Gasteiger partial charge >= 0.3 is 12.1 Å². The van der Waals surface area contributed by atoms with Crippen LogP contribution >= 0.6 is 0 Å². The second-order valence-electron chi connectivity index (χ2n) is 5.82. The van der Waals surface area contributed by atoms with Gasteiger partial charge in [0.1, 0.15) is 12.4 Å². The molecule has 0 spiro atoms. The van der Waals surface area contributed by atoms with E-state index in [1.54, 1.807) is 35.6 Å². The van der Waals surface area contributed by atoms with Gasteiger partial charge in [0.15, 0.2) is 6.61 Å². The quantitative estimate of drug-likeness (QED) is 0.529. The van der Waals surface area contributed by atoms with Crippen molar-refractivity contribution in [3.05, 3.63) is 65.5 Å². The Hall–Kier alpha value is -3.10. The zero-order valence-electron chi connectivity index (χ0n) is 14.7. The van der Waals surface area contributed by atoms with Crippen molar-refractivity contribution >= 4 is 17.6 Å². The van der Waals surface area contributed by atoms with Crippen LogP contribution in [-0.2, 0) is 16.0 Å². The molecule has 0 unspecified atom stereocenters. The second-order valence-corrected chi connectivity index (χ2v) is 5.82. The predicted molar refractivity (Wildman–Crippen MR) is 94.4 cm³/mol. The summed E-state index contributed by atoms with van der Waals surface area (Å²) in [5.41, 5.74) is 1.49. The molecule has 150 valence electrons. The topological polar surface area (TPSA) is 67.4 Å². The molecule has 0 aliphatic heterocycles. The molecular weight excluding hydrogens is 380 g/mol. The van der Waals surface area contributed by atoms with Gasteiger partial charge in [0.2, 0.25) is 0 Å². The average molecular weight is 398 g/mol. The van der Waals surface area contributed by atoms with Gasteiger partial charge in [-0.3, -0.25) is 4.79 Å². The lowest BCUT2D eigenvalue weighted by Crippen LogP contribution is -2.36. The van der Waals surface area contributed by atoms with Crippen LogP contribution in [0.5, 0.6) is 0 Å². The summed E-state index contributed by atoms with van der Waals surface area (Å²) in [6.45, 7) is -1.87. The van der Waals surface area contributed by atoms with Gasteiger partial charge in [-0.2, -0.15) is 13.2 Å². The molecule has 9 heteroatoms. The van der Waals surface area contributed by atoms with E-state index < -0.39 is 31.2 Å². The highest BCUT2D eigenvalue weighted by Crippen LogP contribution is 2.17. The van der Waals surface area contributed by atoms with Crippen LogP contribution in [0.4, 0.5) is 23.2 Å². The monoisotopic (exact) mass is 398 g/mol. The molecule has 0 atom stereocenters. The lowest BCUT2D eigenvalue weighted by molar-refractivity contribution is -0.140. The fourth-order valence-electron chi connectivity index (χ4n) is 2.27. The molecule has 28 heavy (non-hydrogen) atoms. The lowest BCUT2D eigenvalue weighted by atomic mass is 10.1. The molecule has 0 saturated heterocycles. The Balaban J connectivity index is 1.86. The Labute approximate surface area is 158 Å². The van der Waals surface area contributed by atoms with Gasteiger partial charge in [-0.05, 0) is 36.2 Å². The van der Waals surface area contributed by atoms with Crippen molar-refractivity contribution in [2.45, 2.75) is 12.6 Å². The van der Waals surface area contributed by atoms with Gasteiger partial charge in [-0.25, -0.2) is 9.18 Å². The number of rotatable bonds is 8. The number of carbonyl (C=O) groups excluding carboxylic acids is 2. The summed E-state index contributed by atoms with van der Waals surface area (Å²) in [6.07, 6.45) is -3.97. The molecule has 0 aliphatic rings. The first-order valence-electron chi connectivity index (χ1n) is 8.32. The third-order valence-electron chi connectivity index (χ3n) is 3.61. The maximum atomic E-state index is 12.9. The van der Waals surface area contributed by atoms with Crippen molar-refractivity contribution in [2.75, 3.05) is 25.0 Å². The van der Waals surface area contributed by atoms with Gasteiger partial charge in [0.05, 0.1) is 5.56 Å². The highest BCUT2D eigenvalue weighted by atomic mass is 19.4. The number of nitrogens with one attached hydrogen (secondary N) is 2. The first-order chi connectivity index (χ1) is 13.2. The standard InChI is InChI=1S/C19H18F4N2O3/c20-14-7-5-13(6-8-14)9-10-24-16-4-2-1-3-15(16)18(27)28-11-17(26)25-12-19(21,22)23/h1-8,24H,9-12H2,(H,25,26). The van der Waals surface area contributed by atoms with E-state index in [4.69, 9.17) is 4.74 Å². The number of anilines is 1. The van der Waals surface area contributed by atoms with Crippen LogP contribution in [0, 0.1) is 5.82 Å². The van der Waals surface area contributed by atoms with Crippen LogP contribution in [0.15, 0.2) is 48.5 Å². The number of benzene rings is 2. The molecule has 0 saturated carbocycles. The van der Waals surface area contributed by atoms with E-state index in [1.807, 2.05) is 0 Å². The molecule has 0 radical (unpaired) electrons. The van der Waals surface area contributed by atoms with Crippen LogP contribution in [-0.4, -0.2) is 37.7 Å². The summed E-state index contributed by atoms with van der Waals surface area (Å²) in [4.78, 5) is 23.5. The summed E-state index contributed by atoms with van der Waals surface area (Å²) >= 11 is 0. The van der Waals surface area contributed by atoms with Crippen molar-refractivity contribution in [3.8, 4) is 0 Å². The third kappa shape index (κ3) is 7.26. The molecule has 2 aromatic carbocycles. The minimum absolute atomic E-state index is 0.144. The van der Waals surface area contributed by atoms with Gasteiger partial charge in [-0.15, -0.1) is 0 Å². The Bertz CT molecular complexity index is 808. The molecule has 0 heterocycles. The smallest absolute Gasteiger partial charge is 0.405 e. The molecule has 1 amide bonds. The van der Waals surface area contributed by atoms with Crippen LogP contribution in [0.25, 0.3) is 0 Å². The Morgan fingerprint density at radius 2 is 1.68 bits per heavy atom. The molecule has 2 N–H and O–H groups in total. The fourth-order valence-corrected chi connectivity index (χ4v) is 2.27. The Kier molecular flexibility index (Phi) is 7.36. The maximum absolute atomic E-state index is 12.9. The number of hydrogen-bond donors (Lipinski definition) is 2. The minimum Gasteiger partial charge on any atom is -0.452 e. The van der Waals surface area contributed by atoms with Crippen LogP contribution in [0.2, 0.25) is 0 Å². The molecule has 0 fully saturated rings. The number of halogens is 4. The van der Waals surface area contributed by atoms with E-state index in [0.717, 1.165) is 5.56 Å². The third-order valence-corrected chi connectivity index (χ3v) is 3.61. The largest absolute Gasteiger partial charge is 0.452 e. The number of amides is 1. The minimum atomic E-state index is -4.54. The van der Waals surface area contributed by atoms with E-state index in [-0.39, 0.29) is 11.4 Å². The Morgan fingerprint density at radius 3 is 2.36 bits per heavy atom. The summed E-state index contributed by atoms with van der Waals surface area (Å²) in [5.74, 6) is -2.22. The van der Waals surface area contributed by atoms with E-state index in [9.17, 15) is 27.2 Å². The summed E-state index contributed by atoms with van der Waals surface area (Å²) < 4.78 is 53.8. The number of esters is 1. The molecule has 2 aromatic rings. The maximum Gasteiger partial charge on any atom is 0.405 e. The average Bonchev–Trinajstić information content (AvgIpc) is 2.66. The fraction of sp³-hybridized carbons (Fsp3) is 0.263. The number of alkyl halides is 3. The zero-order valence-corrected chi connectivity index (χ0v) is 14.7. The zero-order chi connectivity index (χ0) is 20.6. The molecule has 5 nitrogen and oxygen atoms in total. The first kappa shape index (κ1) is 21.2. The van der Waals surface area contributed by atoms with Crippen molar-refractivity contribution in [1.82, 2.24) is 5.32 Å². The predicted octanol–water partition coefficient (Wildman–Crippen LogP) is 3.32. The number of para-hydroxylation sites is 1. The van der Waals surface area contributed by atoms with E-state index >= 15 is 0 Å².